The van der Waals surface area contributed by atoms with Crippen LogP contribution < -0.4 is 4.74 Å². The summed E-state index contributed by atoms with van der Waals surface area (Å²) in [7, 11) is 0. The van der Waals surface area contributed by atoms with E-state index in [2.05, 4.69) is 0 Å². The van der Waals surface area contributed by atoms with E-state index >= 15 is 0 Å². The molecular formula is C28H27NO5. The average molecular weight is 458 g/mol. The summed E-state index contributed by atoms with van der Waals surface area (Å²) in [5.41, 5.74) is 1.34. The number of ether oxygens (including phenoxy) is 1. The van der Waals surface area contributed by atoms with Gasteiger partial charge in [0.15, 0.2) is 0 Å². The molecule has 34 heavy (non-hydrogen) atoms. The fraction of sp³-hybridized carbons (Fsp3) is 0.214. The summed E-state index contributed by atoms with van der Waals surface area (Å²) in [5, 5.41) is 20.9. The summed E-state index contributed by atoms with van der Waals surface area (Å²) in [4.78, 5) is 27.9. The second-order valence-electron chi connectivity index (χ2n) is 9.21. The molecule has 1 aliphatic rings. The van der Waals surface area contributed by atoms with Gasteiger partial charge >= 0.3 is 0 Å². The van der Waals surface area contributed by atoms with Crippen molar-refractivity contribution in [2.75, 3.05) is 0 Å². The van der Waals surface area contributed by atoms with E-state index in [4.69, 9.17) is 4.74 Å². The van der Waals surface area contributed by atoms with Gasteiger partial charge in [0.1, 0.15) is 22.9 Å². The number of hydrogen-bond acceptors (Lipinski definition) is 5. The van der Waals surface area contributed by atoms with Crippen LogP contribution in [0.3, 0.4) is 0 Å². The van der Waals surface area contributed by atoms with Gasteiger partial charge in [-0.2, -0.15) is 0 Å². The van der Waals surface area contributed by atoms with Crippen LogP contribution in [-0.2, 0) is 16.1 Å². The minimum atomic E-state index is -0.830. The largest absolute Gasteiger partial charge is 0.508 e. The first-order valence-corrected chi connectivity index (χ1v) is 11.1. The Balaban J connectivity index is 1.83. The van der Waals surface area contributed by atoms with Crippen LogP contribution in [0.25, 0.3) is 5.76 Å². The van der Waals surface area contributed by atoms with E-state index in [9.17, 15) is 19.8 Å². The maximum Gasteiger partial charge on any atom is 0.295 e. The Kier molecular flexibility index (Phi) is 6.16. The molecule has 1 heterocycles. The molecule has 0 spiro atoms. The fourth-order valence-electron chi connectivity index (χ4n) is 4.05. The second-order valence-corrected chi connectivity index (χ2v) is 9.21. The van der Waals surface area contributed by atoms with E-state index in [1.54, 1.807) is 42.5 Å². The van der Waals surface area contributed by atoms with Crippen LogP contribution in [0.5, 0.6) is 11.5 Å². The first-order chi connectivity index (χ1) is 16.2. The smallest absolute Gasteiger partial charge is 0.295 e. The van der Waals surface area contributed by atoms with Crippen molar-refractivity contribution >= 4 is 17.4 Å². The number of Topliss-reactive ketones (excluding diaryl/α,β-unsaturated/α-hetero) is 1. The number of aromatic hydroxyl groups is 1. The predicted molar refractivity (Wildman–Crippen MR) is 129 cm³/mol. The van der Waals surface area contributed by atoms with Crippen LogP contribution in [-0.4, -0.2) is 32.4 Å². The number of carbonyl (C=O) groups is 2. The molecule has 3 aromatic rings. The molecule has 3 aromatic carbocycles. The molecule has 1 unspecified atom stereocenters. The molecule has 6 nitrogen and oxygen atoms in total. The third-order valence-corrected chi connectivity index (χ3v) is 5.53. The van der Waals surface area contributed by atoms with Crippen LogP contribution in [0.4, 0.5) is 0 Å². The van der Waals surface area contributed by atoms with E-state index in [0.29, 0.717) is 16.9 Å². The van der Waals surface area contributed by atoms with E-state index in [1.807, 2.05) is 45.0 Å². The lowest BCUT2D eigenvalue weighted by atomic mass is 9.95. The van der Waals surface area contributed by atoms with Crippen LogP contribution in [0.15, 0.2) is 84.4 Å². The number of phenolic OH excluding ortho intramolecular Hbond substituents is 1. The zero-order chi connectivity index (χ0) is 24.5. The number of amides is 1. The number of phenols is 1. The van der Waals surface area contributed by atoms with Crippen LogP contribution >= 0.6 is 0 Å². The van der Waals surface area contributed by atoms with Crippen LogP contribution in [0.1, 0.15) is 43.5 Å². The van der Waals surface area contributed by atoms with Crippen molar-refractivity contribution in [1.82, 2.24) is 4.90 Å². The van der Waals surface area contributed by atoms with E-state index in [0.717, 1.165) is 5.56 Å². The molecular weight excluding hydrogens is 430 g/mol. The van der Waals surface area contributed by atoms with Crippen molar-refractivity contribution in [2.45, 2.75) is 39.0 Å². The Morgan fingerprint density at radius 3 is 2.18 bits per heavy atom. The lowest BCUT2D eigenvalue weighted by molar-refractivity contribution is -0.140. The van der Waals surface area contributed by atoms with Gasteiger partial charge < -0.3 is 19.8 Å². The molecule has 0 bridgehead atoms. The van der Waals surface area contributed by atoms with E-state index in [1.165, 1.54) is 17.0 Å². The van der Waals surface area contributed by atoms with Crippen LogP contribution in [0, 0.1) is 0 Å². The Hall–Kier alpha value is -4.06. The highest BCUT2D eigenvalue weighted by Crippen LogP contribution is 2.41. The molecule has 0 aliphatic carbocycles. The maximum atomic E-state index is 13.2. The van der Waals surface area contributed by atoms with Gasteiger partial charge in [0, 0.05) is 11.1 Å². The van der Waals surface area contributed by atoms with Gasteiger partial charge in [0.2, 0.25) is 0 Å². The Labute approximate surface area is 198 Å². The van der Waals surface area contributed by atoms with E-state index in [-0.39, 0.29) is 23.6 Å². The molecule has 1 aliphatic heterocycles. The number of benzene rings is 3. The molecule has 1 atom stereocenters. The first kappa shape index (κ1) is 23.1. The van der Waals surface area contributed by atoms with Crippen molar-refractivity contribution in [2.24, 2.45) is 0 Å². The number of likely N-dealkylation sites (tertiary alicyclic amines) is 1. The summed E-state index contributed by atoms with van der Waals surface area (Å²) in [6, 6.07) is 21.5. The van der Waals surface area contributed by atoms with Gasteiger partial charge in [-0.15, -0.1) is 0 Å². The van der Waals surface area contributed by atoms with Crippen molar-refractivity contribution < 1.29 is 24.5 Å². The minimum Gasteiger partial charge on any atom is -0.508 e. The molecule has 0 radical (unpaired) electrons. The molecule has 1 amide bonds. The highest BCUT2D eigenvalue weighted by atomic mass is 16.5. The normalized spacial score (nSPS) is 17.7. The number of hydrogen-bond donors (Lipinski definition) is 2. The number of nitrogens with zero attached hydrogens (tertiary/aromatic N) is 1. The standard InChI is InChI=1S/C28H27NO5/c1-28(2,3)34-22-12-8-7-11-20(22)17-29-24(18-13-15-21(30)16-14-18)23(26(32)27(29)33)25(31)19-9-5-4-6-10-19/h4-16,24,30-31H,17H2,1-3H3/b25-23+. The van der Waals surface area contributed by atoms with Gasteiger partial charge in [-0.3, -0.25) is 9.59 Å². The van der Waals surface area contributed by atoms with Crippen molar-refractivity contribution in [1.29, 1.82) is 0 Å². The number of aliphatic hydroxyl groups is 1. The lowest BCUT2D eigenvalue weighted by Crippen LogP contribution is -2.30. The zero-order valence-corrected chi connectivity index (χ0v) is 19.4. The topological polar surface area (TPSA) is 87.1 Å². The number of ketones is 1. The summed E-state index contributed by atoms with van der Waals surface area (Å²) in [6.45, 7) is 5.92. The van der Waals surface area contributed by atoms with Crippen molar-refractivity contribution in [3.63, 3.8) is 0 Å². The number of aliphatic hydroxyl groups excluding tert-OH is 1. The quantitative estimate of drug-likeness (QED) is 0.313. The molecule has 0 aromatic heterocycles. The molecule has 6 heteroatoms. The third kappa shape index (κ3) is 4.66. The number of rotatable bonds is 5. The highest BCUT2D eigenvalue weighted by molar-refractivity contribution is 6.46. The Bertz CT molecular complexity index is 1240. The van der Waals surface area contributed by atoms with Crippen molar-refractivity contribution in [3.8, 4) is 11.5 Å². The lowest BCUT2D eigenvalue weighted by Gasteiger charge is -2.28. The number of carbonyl (C=O) groups excluding carboxylic acids is 2. The zero-order valence-electron chi connectivity index (χ0n) is 19.4. The third-order valence-electron chi connectivity index (χ3n) is 5.53. The molecule has 1 saturated heterocycles. The van der Waals surface area contributed by atoms with Gasteiger partial charge in [-0.1, -0.05) is 60.7 Å². The van der Waals surface area contributed by atoms with Crippen LogP contribution in [0.2, 0.25) is 0 Å². The fourth-order valence-corrected chi connectivity index (χ4v) is 4.05. The Morgan fingerprint density at radius 2 is 1.53 bits per heavy atom. The SMILES string of the molecule is CC(C)(C)Oc1ccccc1CN1C(=O)C(=O)/C(=C(/O)c2ccccc2)C1c1ccc(O)cc1. The molecule has 0 saturated carbocycles. The average Bonchev–Trinajstić information content (AvgIpc) is 3.05. The van der Waals surface area contributed by atoms with Gasteiger partial charge in [-0.25, -0.2) is 0 Å². The predicted octanol–water partition coefficient (Wildman–Crippen LogP) is 5.19. The maximum absolute atomic E-state index is 13.2. The molecule has 4 rings (SSSR count). The summed E-state index contributed by atoms with van der Waals surface area (Å²) in [5.74, 6) is -1.02. The molecule has 174 valence electrons. The summed E-state index contributed by atoms with van der Waals surface area (Å²) >= 11 is 0. The highest BCUT2D eigenvalue weighted by Gasteiger charge is 2.46. The monoisotopic (exact) mass is 457 g/mol. The number of para-hydroxylation sites is 1. The van der Waals surface area contributed by atoms with Gasteiger partial charge in [-0.05, 0) is 44.5 Å². The van der Waals surface area contributed by atoms with Gasteiger partial charge in [0.25, 0.3) is 11.7 Å². The molecule has 1 fully saturated rings. The van der Waals surface area contributed by atoms with Gasteiger partial charge in [0.05, 0.1) is 18.2 Å². The summed E-state index contributed by atoms with van der Waals surface area (Å²) in [6.07, 6.45) is 0. The first-order valence-electron chi connectivity index (χ1n) is 11.1. The van der Waals surface area contributed by atoms with E-state index < -0.39 is 23.3 Å². The Morgan fingerprint density at radius 1 is 0.912 bits per heavy atom. The van der Waals surface area contributed by atoms with Crippen molar-refractivity contribution in [3.05, 3.63) is 101 Å². The summed E-state index contributed by atoms with van der Waals surface area (Å²) < 4.78 is 6.09. The molecule has 2 N–H and O–H groups in total. The second kappa shape index (κ2) is 9.06. The minimum absolute atomic E-state index is 0.0103.